The first kappa shape index (κ1) is 20.4. The minimum absolute atomic E-state index is 0.116. The van der Waals surface area contributed by atoms with Gasteiger partial charge < -0.3 is 4.90 Å². The van der Waals surface area contributed by atoms with Gasteiger partial charge in [-0.3, -0.25) is 14.6 Å². The van der Waals surface area contributed by atoms with Crippen LogP contribution in [-0.4, -0.2) is 70.9 Å². The highest BCUT2D eigenvalue weighted by molar-refractivity contribution is 7.15. The second-order valence-corrected chi connectivity index (χ2v) is 9.97. The molecule has 8 heteroatoms. The summed E-state index contributed by atoms with van der Waals surface area (Å²) in [6, 6.07) is 5.49. The van der Waals surface area contributed by atoms with Crippen LogP contribution in [0.15, 0.2) is 18.2 Å². The molecule has 5 rings (SSSR count). The lowest BCUT2D eigenvalue weighted by molar-refractivity contribution is -0.135. The van der Waals surface area contributed by atoms with Gasteiger partial charge in [0.2, 0.25) is 5.91 Å². The second kappa shape index (κ2) is 8.54. The molecular formula is C22H26ClFN4OS. The van der Waals surface area contributed by atoms with Crippen LogP contribution >= 0.6 is 22.9 Å². The SMILES string of the molecule is O=C(CN1CCc2nc(-c3ccc(F)c(Cl)c3)sc2C1)N1CCN(C2CCC2)CC1. The second-order valence-electron chi connectivity index (χ2n) is 8.48. The highest BCUT2D eigenvalue weighted by Gasteiger charge is 2.30. The number of fused-ring (bicyclic) bond motifs is 1. The van der Waals surface area contributed by atoms with Crippen molar-refractivity contribution in [1.82, 2.24) is 19.7 Å². The number of thiazole rings is 1. The Morgan fingerprint density at radius 1 is 1.20 bits per heavy atom. The molecule has 2 aromatic rings. The molecule has 0 N–H and O–H groups in total. The molecule has 2 aliphatic heterocycles. The van der Waals surface area contributed by atoms with Crippen LogP contribution in [0, 0.1) is 5.82 Å². The maximum atomic E-state index is 13.5. The summed E-state index contributed by atoms with van der Waals surface area (Å²) in [5.41, 5.74) is 1.93. The Kier molecular flexibility index (Phi) is 5.79. The molecule has 0 radical (unpaired) electrons. The molecule has 1 aliphatic carbocycles. The van der Waals surface area contributed by atoms with Crippen molar-refractivity contribution in [3.05, 3.63) is 39.6 Å². The number of hydrogen-bond donors (Lipinski definition) is 0. The van der Waals surface area contributed by atoms with E-state index in [0.29, 0.717) is 6.54 Å². The fraction of sp³-hybridized carbons (Fsp3) is 0.545. The van der Waals surface area contributed by atoms with Crippen LogP contribution in [0.4, 0.5) is 4.39 Å². The van der Waals surface area contributed by atoms with Gasteiger partial charge in [0.25, 0.3) is 0 Å². The first-order chi connectivity index (χ1) is 14.6. The van der Waals surface area contributed by atoms with Gasteiger partial charge >= 0.3 is 0 Å². The Balaban J connectivity index is 1.18. The summed E-state index contributed by atoms with van der Waals surface area (Å²) in [5.74, 6) is -0.179. The fourth-order valence-corrected chi connectivity index (χ4v) is 5.84. The quantitative estimate of drug-likeness (QED) is 0.715. The van der Waals surface area contributed by atoms with Crippen LogP contribution in [0.1, 0.15) is 29.8 Å². The van der Waals surface area contributed by atoms with Gasteiger partial charge in [-0.2, -0.15) is 0 Å². The zero-order valence-corrected chi connectivity index (χ0v) is 18.5. The highest BCUT2D eigenvalue weighted by atomic mass is 35.5. The highest BCUT2D eigenvalue weighted by Crippen LogP contribution is 2.33. The first-order valence-corrected chi connectivity index (χ1v) is 11.9. The summed E-state index contributed by atoms with van der Waals surface area (Å²) < 4.78 is 13.5. The third-order valence-electron chi connectivity index (χ3n) is 6.59. The Morgan fingerprint density at radius 2 is 2.00 bits per heavy atom. The van der Waals surface area contributed by atoms with Crippen LogP contribution in [-0.2, 0) is 17.8 Å². The zero-order chi connectivity index (χ0) is 20.7. The lowest BCUT2D eigenvalue weighted by Gasteiger charge is -2.43. The van der Waals surface area contributed by atoms with E-state index in [-0.39, 0.29) is 10.9 Å². The number of nitrogens with zero attached hydrogens (tertiary/aromatic N) is 4. The average molecular weight is 449 g/mol. The first-order valence-electron chi connectivity index (χ1n) is 10.7. The smallest absolute Gasteiger partial charge is 0.236 e. The Bertz CT molecular complexity index is 939. The average Bonchev–Trinajstić information content (AvgIpc) is 3.13. The van der Waals surface area contributed by atoms with E-state index in [2.05, 4.69) is 9.80 Å². The molecule has 2 fully saturated rings. The van der Waals surface area contributed by atoms with Crippen LogP contribution in [0.2, 0.25) is 5.02 Å². The van der Waals surface area contributed by atoms with Crippen LogP contribution in [0.5, 0.6) is 0 Å². The van der Waals surface area contributed by atoms with Crippen molar-refractivity contribution in [2.45, 2.75) is 38.3 Å². The van der Waals surface area contributed by atoms with Gasteiger partial charge in [-0.05, 0) is 31.0 Å². The Morgan fingerprint density at radius 3 is 2.70 bits per heavy atom. The molecule has 1 amide bonds. The fourth-order valence-electron chi connectivity index (χ4n) is 4.52. The van der Waals surface area contributed by atoms with E-state index in [4.69, 9.17) is 16.6 Å². The largest absolute Gasteiger partial charge is 0.339 e. The molecule has 1 aromatic carbocycles. The van der Waals surface area contributed by atoms with Crippen molar-refractivity contribution < 1.29 is 9.18 Å². The number of carbonyl (C=O) groups excluding carboxylic acids is 1. The standard InChI is InChI=1S/C22H26ClFN4OS/c23-17-12-15(4-5-18(17)24)22-25-19-6-7-26(13-20(19)30-22)14-21(29)28-10-8-27(9-11-28)16-2-1-3-16/h4-5,12,16H,1-3,6-11,13-14H2. The number of hydrogen-bond acceptors (Lipinski definition) is 5. The molecular weight excluding hydrogens is 423 g/mol. The normalized spacial score (nSPS) is 20.8. The van der Waals surface area contributed by atoms with Gasteiger partial charge in [0, 0.05) is 62.2 Å². The number of piperazine rings is 1. The molecule has 0 spiro atoms. The lowest BCUT2D eigenvalue weighted by Crippen LogP contribution is -2.55. The molecule has 3 aliphatic rings. The minimum Gasteiger partial charge on any atom is -0.339 e. The molecule has 0 bridgehead atoms. The molecule has 1 aromatic heterocycles. The summed E-state index contributed by atoms with van der Waals surface area (Å²) in [4.78, 5) is 25.6. The van der Waals surface area contributed by atoms with Crippen molar-refractivity contribution in [1.29, 1.82) is 0 Å². The lowest BCUT2D eigenvalue weighted by atomic mass is 9.91. The number of rotatable bonds is 4. The molecule has 1 saturated heterocycles. The van der Waals surface area contributed by atoms with Gasteiger partial charge in [-0.1, -0.05) is 18.0 Å². The molecule has 3 heterocycles. The van der Waals surface area contributed by atoms with E-state index in [9.17, 15) is 9.18 Å². The van der Waals surface area contributed by atoms with Crippen molar-refractivity contribution in [2.75, 3.05) is 39.3 Å². The maximum absolute atomic E-state index is 13.5. The molecule has 0 unspecified atom stereocenters. The van der Waals surface area contributed by atoms with Crippen molar-refractivity contribution in [3.8, 4) is 10.6 Å². The van der Waals surface area contributed by atoms with E-state index in [1.54, 1.807) is 23.5 Å². The van der Waals surface area contributed by atoms with Gasteiger partial charge in [0.1, 0.15) is 10.8 Å². The van der Waals surface area contributed by atoms with Gasteiger partial charge in [-0.15, -0.1) is 11.3 Å². The summed E-state index contributed by atoms with van der Waals surface area (Å²) in [6.45, 7) is 5.79. The molecule has 5 nitrogen and oxygen atoms in total. The summed E-state index contributed by atoms with van der Waals surface area (Å²) >= 11 is 7.55. The number of benzene rings is 1. The summed E-state index contributed by atoms with van der Waals surface area (Å²) in [6.07, 6.45) is 4.84. The van der Waals surface area contributed by atoms with E-state index >= 15 is 0 Å². The van der Waals surface area contributed by atoms with Crippen molar-refractivity contribution in [3.63, 3.8) is 0 Å². The van der Waals surface area contributed by atoms with E-state index in [0.717, 1.165) is 68.0 Å². The predicted octanol–water partition coefficient (Wildman–Crippen LogP) is 3.66. The number of amides is 1. The topological polar surface area (TPSA) is 39.7 Å². The molecule has 160 valence electrons. The van der Waals surface area contributed by atoms with E-state index < -0.39 is 5.82 Å². The van der Waals surface area contributed by atoms with Gasteiger partial charge in [0.05, 0.1) is 17.3 Å². The minimum atomic E-state index is -0.417. The van der Waals surface area contributed by atoms with Gasteiger partial charge in [-0.25, -0.2) is 9.37 Å². The number of carbonyl (C=O) groups is 1. The third-order valence-corrected chi connectivity index (χ3v) is 8.01. The monoisotopic (exact) mass is 448 g/mol. The molecule has 0 atom stereocenters. The molecule has 1 saturated carbocycles. The van der Waals surface area contributed by atoms with E-state index in [1.165, 1.54) is 30.2 Å². The van der Waals surface area contributed by atoms with E-state index in [1.807, 2.05) is 4.90 Å². The van der Waals surface area contributed by atoms with Crippen molar-refractivity contribution >= 4 is 28.8 Å². The maximum Gasteiger partial charge on any atom is 0.236 e. The van der Waals surface area contributed by atoms with Gasteiger partial charge in [0.15, 0.2) is 0 Å². The zero-order valence-electron chi connectivity index (χ0n) is 16.9. The Labute approximate surface area is 185 Å². The predicted molar refractivity (Wildman–Crippen MR) is 117 cm³/mol. The van der Waals surface area contributed by atoms with Crippen LogP contribution < -0.4 is 0 Å². The molecule has 30 heavy (non-hydrogen) atoms. The van der Waals surface area contributed by atoms with Crippen LogP contribution in [0.3, 0.4) is 0 Å². The van der Waals surface area contributed by atoms with Crippen molar-refractivity contribution in [2.24, 2.45) is 0 Å². The Hall–Kier alpha value is -1.54. The summed E-state index contributed by atoms with van der Waals surface area (Å²) in [5, 5.41) is 0.979. The third kappa shape index (κ3) is 4.13. The van der Waals surface area contributed by atoms with Crippen LogP contribution in [0.25, 0.3) is 10.6 Å². The number of halogens is 2. The summed E-state index contributed by atoms with van der Waals surface area (Å²) in [7, 11) is 0. The number of aromatic nitrogens is 1.